The highest BCUT2D eigenvalue weighted by Crippen LogP contribution is 2.30. The third-order valence-corrected chi connectivity index (χ3v) is 4.26. The van der Waals surface area contributed by atoms with Crippen molar-refractivity contribution in [2.45, 2.75) is 0 Å². The first-order valence-electron chi connectivity index (χ1n) is 5.71. The highest BCUT2D eigenvalue weighted by atomic mass is 32.2. The number of amides is 1. The Balaban J connectivity index is 1.81. The van der Waals surface area contributed by atoms with Crippen LogP contribution in [0, 0.1) is 10.1 Å². The molecule has 106 valence electrons. The smallest absolute Gasteiger partial charge is 0.269 e. The molecule has 1 saturated heterocycles. The second-order valence-corrected chi connectivity index (χ2v) is 5.87. The van der Waals surface area contributed by atoms with Gasteiger partial charge in [-0.3, -0.25) is 14.9 Å². The van der Waals surface area contributed by atoms with E-state index in [1.54, 1.807) is 12.1 Å². The van der Waals surface area contributed by atoms with Gasteiger partial charge in [0.25, 0.3) is 5.69 Å². The van der Waals surface area contributed by atoms with E-state index in [2.05, 4.69) is 20.5 Å². The highest BCUT2D eigenvalue weighted by Gasteiger charge is 2.17. The number of non-ortho nitro benzene ring substituents is 1. The fourth-order valence-electron chi connectivity index (χ4n) is 1.58. The molecular weight excluding hydrogens is 314 g/mol. The lowest BCUT2D eigenvalue weighted by Gasteiger charge is -1.94. The Bertz CT molecular complexity index is 741. The Morgan fingerprint density at radius 3 is 2.67 bits per heavy atom. The SMILES string of the molecule is O=C1CSC(=Nc2nnc(-c3ccc([N+](=O)[O-])cc3)s2)N1. The first kappa shape index (κ1) is 13.6. The van der Waals surface area contributed by atoms with Gasteiger partial charge in [0.05, 0.1) is 10.7 Å². The van der Waals surface area contributed by atoms with Gasteiger partial charge in [0.1, 0.15) is 5.01 Å². The van der Waals surface area contributed by atoms with Gasteiger partial charge in [0, 0.05) is 17.7 Å². The number of nitro groups is 1. The lowest BCUT2D eigenvalue weighted by Crippen LogP contribution is -2.19. The molecule has 8 nitrogen and oxygen atoms in total. The van der Waals surface area contributed by atoms with Crippen LogP contribution in [0.4, 0.5) is 10.8 Å². The molecule has 2 heterocycles. The van der Waals surface area contributed by atoms with Crippen LogP contribution in [0.15, 0.2) is 29.3 Å². The Morgan fingerprint density at radius 1 is 1.29 bits per heavy atom. The molecule has 1 aromatic carbocycles. The summed E-state index contributed by atoms with van der Waals surface area (Å²) in [6, 6.07) is 6.05. The summed E-state index contributed by atoms with van der Waals surface area (Å²) in [4.78, 5) is 25.4. The van der Waals surface area contributed by atoms with E-state index in [-0.39, 0.29) is 11.6 Å². The van der Waals surface area contributed by atoms with E-state index in [1.807, 2.05) is 0 Å². The van der Waals surface area contributed by atoms with Crippen LogP contribution in [0.3, 0.4) is 0 Å². The maximum absolute atomic E-state index is 11.1. The summed E-state index contributed by atoms with van der Waals surface area (Å²) in [5.74, 6) is 0.270. The van der Waals surface area contributed by atoms with Crippen molar-refractivity contribution in [1.82, 2.24) is 15.5 Å². The zero-order valence-corrected chi connectivity index (χ0v) is 12.0. The van der Waals surface area contributed by atoms with E-state index in [0.29, 0.717) is 21.1 Å². The number of carbonyl (C=O) groups is 1. The van der Waals surface area contributed by atoms with Gasteiger partial charge in [-0.05, 0) is 12.1 Å². The number of nitrogens with zero attached hydrogens (tertiary/aromatic N) is 4. The van der Waals surface area contributed by atoms with Crippen LogP contribution in [-0.4, -0.2) is 31.9 Å². The van der Waals surface area contributed by atoms with Gasteiger partial charge in [0.2, 0.25) is 11.0 Å². The first-order valence-corrected chi connectivity index (χ1v) is 7.52. The van der Waals surface area contributed by atoms with Gasteiger partial charge in [-0.1, -0.05) is 23.1 Å². The van der Waals surface area contributed by atoms with Crippen molar-refractivity contribution in [3.05, 3.63) is 34.4 Å². The summed E-state index contributed by atoms with van der Waals surface area (Å²) < 4.78 is 0. The third-order valence-electron chi connectivity index (χ3n) is 2.52. The van der Waals surface area contributed by atoms with Crippen LogP contribution in [0.2, 0.25) is 0 Å². The molecule has 1 fully saturated rings. The molecule has 1 aliphatic heterocycles. The molecule has 2 aromatic rings. The number of aliphatic imine (C=N–C) groups is 1. The number of nitro benzene ring substituents is 1. The van der Waals surface area contributed by atoms with Gasteiger partial charge in [-0.2, -0.15) is 4.99 Å². The number of thioether (sulfide) groups is 1. The van der Waals surface area contributed by atoms with Crippen molar-refractivity contribution in [3.8, 4) is 10.6 Å². The second kappa shape index (κ2) is 5.58. The zero-order valence-electron chi connectivity index (χ0n) is 10.3. The Labute approximate surface area is 126 Å². The lowest BCUT2D eigenvalue weighted by atomic mass is 10.2. The van der Waals surface area contributed by atoms with E-state index >= 15 is 0 Å². The molecule has 0 aliphatic carbocycles. The molecule has 0 atom stereocenters. The number of amidine groups is 1. The highest BCUT2D eigenvalue weighted by molar-refractivity contribution is 8.15. The number of aromatic nitrogens is 2. The predicted octanol–water partition coefficient (Wildman–Crippen LogP) is 1.96. The minimum absolute atomic E-state index is 0.0220. The van der Waals surface area contributed by atoms with Gasteiger partial charge in [-0.25, -0.2) is 0 Å². The molecule has 1 aromatic heterocycles. The fourth-order valence-corrected chi connectivity index (χ4v) is 3.04. The van der Waals surface area contributed by atoms with Crippen LogP contribution in [0.1, 0.15) is 0 Å². The maximum Gasteiger partial charge on any atom is 0.269 e. The molecule has 0 saturated carbocycles. The molecule has 0 bridgehead atoms. The van der Waals surface area contributed by atoms with E-state index in [1.165, 1.54) is 35.2 Å². The average molecular weight is 321 g/mol. The summed E-state index contributed by atoms with van der Waals surface area (Å²) in [5, 5.41) is 22.7. The van der Waals surface area contributed by atoms with E-state index in [0.717, 1.165) is 5.56 Å². The van der Waals surface area contributed by atoms with Crippen LogP contribution in [0.25, 0.3) is 10.6 Å². The third kappa shape index (κ3) is 3.06. The number of hydrogen-bond acceptors (Lipinski definition) is 8. The Hall–Kier alpha value is -2.33. The van der Waals surface area contributed by atoms with Crippen molar-refractivity contribution in [2.24, 2.45) is 4.99 Å². The standard InChI is InChI=1S/C11H7N5O3S2/c17-8-5-20-10(12-8)13-11-15-14-9(21-11)6-1-3-7(4-2-6)16(18)19/h1-4H,5H2,(H,12,13,15,17). The number of nitrogens with one attached hydrogen (secondary N) is 1. The number of benzene rings is 1. The average Bonchev–Trinajstić information content (AvgIpc) is 3.09. The van der Waals surface area contributed by atoms with Gasteiger partial charge in [-0.15, -0.1) is 10.2 Å². The van der Waals surface area contributed by atoms with Gasteiger partial charge < -0.3 is 5.32 Å². The number of hydrogen-bond donors (Lipinski definition) is 1. The van der Waals surface area contributed by atoms with E-state index in [4.69, 9.17) is 0 Å². The zero-order chi connectivity index (χ0) is 14.8. The van der Waals surface area contributed by atoms with Crippen LogP contribution >= 0.6 is 23.1 Å². The first-order chi connectivity index (χ1) is 10.1. The second-order valence-electron chi connectivity index (χ2n) is 3.95. The minimum Gasteiger partial charge on any atom is -0.304 e. The molecule has 1 aliphatic rings. The molecule has 1 amide bonds. The molecule has 21 heavy (non-hydrogen) atoms. The van der Waals surface area contributed by atoms with E-state index < -0.39 is 4.92 Å². The predicted molar refractivity (Wildman–Crippen MR) is 79.7 cm³/mol. The maximum atomic E-state index is 11.1. The van der Waals surface area contributed by atoms with Crippen molar-refractivity contribution < 1.29 is 9.72 Å². The van der Waals surface area contributed by atoms with Crippen LogP contribution < -0.4 is 5.32 Å². The van der Waals surface area contributed by atoms with Gasteiger partial charge in [0.15, 0.2) is 5.17 Å². The topological polar surface area (TPSA) is 110 Å². The van der Waals surface area contributed by atoms with E-state index in [9.17, 15) is 14.9 Å². The molecule has 0 radical (unpaired) electrons. The Kier molecular flexibility index (Phi) is 3.62. The van der Waals surface area contributed by atoms with Crippen molar-refractivity contribution in [2.75, 3.05) is 5.75 Å². The normalized spacial score (nSPS) is 16.2. The van der Waals surface area contributed by atoms with Crippen LogP contribution in [-0.2, 0) is 4.79 Å². The molecular formula is C11H7N5O3S2. The van der Waals surface area contributed by atoms with Crippen molar-refractivity contribution in [3.63, 3.8) is 0 Å². The largest absolute Gasteiger partial charge is 0.304 e. The summed E-state index contributed by atoms with van der Waals surface area (Å²) in [7, 11) is 0. The molecule has 0 spiro atoms. The summed E-state index contributed by atoms with van der Waals surface area (Å²) in [5.41, 5.74) is 0.751. The monoisotopic (exact) mass is 321 g/mol. The van der Waals surface area contributed by atoms with Crippen molar-refractivity contribution in [1.29, 1.82) is 0 Å². The summed E-state index contributed by atoms with van der Waals surface area (Å²) >= 11 is 2.55. The molecule has 3 rings (SSSR count). The quantitative estimate of drug-likeness (QED) is 0.683. The van der Waals surface area contributed by atoms with Crippen molar-refractivity contribution >= 4 is 45.0 Å². The molecule has 10 heteroatoms. The number of rotatable bonds is 3. The van der Waals surface area contributed by atoms with Crippen LogP contribution in [0.5, 0.6) is 0 Å². The molecule has 1 N–H and O–H groups in total. The molecule has 0 unspecified atom stereocenters. The van der Waals surface area contributed by atoms with Gasteiger partial charge >= 0.3 is 0 Å². The summed E-state index contributed by atoms with van der Waals surface area (Å²) in [6.45, 7) is 0. The summed E-state index contributed by atoms with van der Waals surface area (Å²) in [6.07, 6.45) is 0. The number of carbonyl (C=O) groups excluding carboxylic acids is 1. The fraction of sp³-hybridized carbons (Fsp3) is 0.0909. The minimum atomic E-state index is -0.457. The lowest BCUT2D eigenvalue weighted by molar-refractivity contribution is -0.384. The Morgan fingerprint density at radius 2 is 2.05 bits per heavy atom.